The zero-order valence-electron chi connectivity index (χ0n) is 9.41. The van der Waals surface area contributed by atoms with Gasteiger partial charge in [-0.05, 0) is 5.56 Å². The molecule has 0 amide bonds. The molecule has 1 aliphatic rings. The highest BCUT2D eigenvalue weighted by Gasteiger charge is 2.62. The van der Waals surface area contributed by atoms with Crippen molar-refractivity contribution in [1.29, 1.82) is 0 Å². The zero-order valence-corrected chi connectivity index (χ0v) is 10.2. The molecular weight excluding hydrogens is 240 g/mol. The fourth-order valence-electron chi connectivity index (χ4n) is 2.29. The van der Waals surface area contributed by atoms with Gasteiger partial charge in [-0.3, -0.25) is 4.79 Å². The number of carboxylic acids is 1. The molecule has 2 rings (SSSR count). The van der Waals surface area contributed by atoms with Gasteiger partial charge in [0.2, 0.25) is 0 Å². The van der Waals surface area contributed by atoms with Gasteiger partial charge in [-0.25, -0.2) is 8.42 Å². The minimum atomic E-state index is -3.30. The molecule has 1 aromatic rings. The molecular formula is C12H14O4S. The van der Waals surface area contributed by atoms with Crippen LogP contribution in [0.25, 0.3) is 0 Å². The van der Waals surface area contributed by atoms with E-state index in [0.717, 1.165) is 5.56 Å². The number of hydrogen-bond acceptors (Lipinski definition) is 3. The van der Waals surface area contributed by atoms with Crippen LogP contribution in [0.15, 0.2) is 30.3 Å². The molecule has 0 aliphatic heterocycles. The van der Waals surface area contributed by atoms with Crippen LogP contribution in [0.2, 0.25) is 0 Å². The summed E-state index contributed by atoms with van der Waals surface area (Å²) in [5.41, 5.74) is 0.793. The lowest BCUT2D eigenvalue weighted by molar-refractivity contribution is -0.138. The molecule has 0 unspecified atom stereocenters. The number of aliphatic carboxylic acids is 1. The summed E-state index contributed by atoms with van der Waals surface area (Å²) in [5.74, 6) is -2.22. The van der Waals surface area contributed by atoms with E-state index in [1.54, 1.807) is 31.2 Å². The van der Waals surface area contributed by atoms with Crippen LogP contribution in [-0.4, -0.2) is 30.5 Å². The first kappa shape index (κ1) is 12.1. The highest BCUT2D eigenvalue weighted by Crippen LogP contribution is 2.52. The van der Waals surface area contributed by atoms with Gasteiger partial charge < -0.3 is 5.11 Å². The van der Waals surface area contributed by atoms with Gasteiger partial charge in [0.25, 0.3) is 0 Å². The lowest BCUT2D eigenvalue weighted by Crippen LogP contribution is -2.14. The third-order valence-corrected chi connectivity index (χ3v) is 5.46. The van der Waals surface area contributed by atoms with E-state index < -0.39 is 32.9 Å². The molecule has 0 bridgehead atoms. The number of rotatable bonds is 4. The largest absolute Gasteiger partial charge is 0.481 e. The summed E-state index contributed by atoms with van der Waals surface area (Å²) in [6, 6.07) is 8.98. The molecule has 1 aromatic carbocycles. The average molecular weight is 254 g/mol. The van der Waals surface area contributed by atoms with E-state index in [4.69, 9.17) is 5.11 Å². The number of sulfone groups is 1. The molecule has 0 radical (unpaired) electrons. The molecule has 17 heavy (non-hydrogen) atoms. The second-order valence-corrected chi connectivity index (χ2v) is 6.66. The maximum Gasteiger partial charge on any atom is 0.308 e. The van der Waals surface area contributed by atoms with Crippen molar-refractivity contribution in [1.82, 2.24) is 0 Å². The molecule has 4 nitrogen and oxygen atoms in total. The van der Waals surface area contributed by atoms with E-state index >= 15 is 0 Å². The van der Waals surface area contributed by atoms with Crippen LogP contribution in [0.4, 0.5) is 0 Å². The predicted molar refractivity (Wildman–Crippen MR) is 63.6 cm³/mol. The van der Waals surface area contributed by atoms with Crippen molar-refractivity contribution < 1.29 is 18.3 Å². The summed E-state index contributed by atoms with van der Waals surface area (Å²) in [5, 5.41) is 8.29. The maximum atomic E-state index is 11.8. The molecule has 92 valence electrons. The number of carboxylic acid groups (broad SMARTS) is 1. The monoisotopic (exact) mass is 254 g/mol. The van der Waals surface area contributed by atoms with E-state index in [9.17, 15) is 13.2 Å². The summed E-state index contributed by atoms with van der Waals surface area (Å²) in [6.07, 6.45) is 0. The third-order valence-electron chi connectivity index (χ3n) is 3.24. The Morgan fingerprint density at radius 3 is 2.35 bits per heavy atom. The normalized spacial score (nSPS) is 27.7. The number of hydrogen-bond donors (Lipinski definition) is 1. The Kier molecular flexibility index (Phi) is 2.95. The Labute approximate surface area is 100 Å². The Hall–Kier alpha value is -1.36. The van der Waals surface area contributed by atoms with Crippen LogP contribution in [0, 0.1) is 5.92 Å². The van der Waals surface area contributed by atoms with Crippen molar-refractivity contribution in [3.8, 4) is 0 Å². The van der Waals surface area contributed by atoms with E-state index in [1.165, 1.54) is 0 Å². The van der Waals surface area contributed by atoms with Crippen molar-refractivity contribution in [2.45, 2.75) is 18.1 Å². The summed E-state index contributed by atoms with van der Waals surface area (Å²) in [6.45, 7) is 1.55. The molecule has 3 atom stereocenters. The second-order valence-electron chi connectivity index (χ2n) is 4.22. The predicted octanol–water partition coefficient (Wildman–Crippen LogP) is 1.29. The molecule has 1 fully saturated rings. The van der Waals surface area contributed by atoms with E-state index in [2.05, 4.69) is 0 Å². The van der Waals surface area contributed by atoms with E-state index in [-0.39, 0.29) is 5.75 Å². The minimum Gasteiger partial charge on any atom is -0.481 e. The molecule has 0 spiro atoms. The first-order chi connectivity index (χ1) is 7.99. The van der Waals surface area contributed by atoms with Crippen LogP contribution in [0.3, 0.4) is 0 Å². The Morgan fingerprint density at radius 1 is 1.29 bits per heavy atom. The maximum absolute atomic E-state index is 11.8. The fraction of sp³-hybridized carbons (Fsp3) is 0.417. The van der Waals surface area contributed by atoms with Crippen LogP contribution < -0.4 is 0 Å². The molecule has 0 heterocycles. The van der Waals surface area contributed by atoms with Crippen LogP contribution in [0.5, 0.6) is 0 Å². The third kappa shape index (κ3) is 2.07. The number of carbonyl (C=O) groups is 1. The Morgan fingerprint density at radius 2 is 1.88 bits per heavy atom. The molecule has 1 aliphatic carbocycles. The average Bonchev–Trinajstić information content (AvgIpc) is 3.06. The van der Waals surface area contributed by atoms with Crippen molar-refractivity contribution in [2.24, 2.45) is 5.92 Å². The van der Waals surface area contributed by atoms with Gasteiger partial charge in [0, 0.05) is 11.7 Å². The molecule has 5 heteroatoms. The van der Waals surface area contributed by atoms with Gasteiger partial charge >= 0.3 is 5.97 Å². The van der Waals surface area contributed by atoms with Gasteiger partial charge in [0.05, 0.1) is 11.2 Å². The minimum absolute atomic E-state index is 0.00915. The summed E-state index contributed by atoms with van der Waals surface area (Å²) >= 11 is 0. The van der Waals surface area contributed by atoms with Crippen LogP contribution in [-0.2, 0) is 14.6 Å². The fourth-order valence-corrected chi connectivity index (χ4v) is 4.09. The lowest BCUT2D eigenvalue weighted by Gasteiger charge is -1.99. The van der Waals surface area contributed by atoms with Crippen molar-refractivity contribution in [2.75, 3.05) is 5.75 Å². The lowest BCUT2D eigenvalue weighted by atomic mass is 10.1. The first-order valence-electron chi connectivity index (χ1n) is 5.48. The molecule has 0 saturated heterocycles. The van der Waals surface area contributed by atoms with Gasteiger partial charge in [-0.15, -0.1) is 0 Å². The van der Waals surface area contributed by atoms with Crippen molar-refractivity contribution in [3.63, 3.8) is 0 Å². The Bertz CT molecular complexity index is 521. The SMILES string of the molecule is CCS(=O)(=O)[C@@H]1[C@H](C(=O)O)[C@H]1c1ccccc1. The van der Waals surface area contributed by atoms with Crippen LogP contribution in [0.1, 0.15) is 18.4 Å². The smallest absolute Gasteiger partial charge is 0.308 e. The van der Waals surface area contributed by atoms with Crippen LogP contribution >= 0.6 is 0 Å². The number of benzene rings is 1. The summed E-state index contributed by atoms with van der Waals surface area (Å²) in [7, 11) is -3.30. The molecule has 1 saturated carbocycles. The summed E-state index contributed by atoms with van der Waals surface area (Å²) in [4.78, 5) is 11.1. The molecule has 0 aromatic heterocycles. The van der Waals surface area contributed by atoms with Crippen molar-refractivity contribution >= 4 is 15.8 Å². The quantitative estimate of drug-likeness (QED) is 0.878. The van der Waals surface area contributed by atoms with Gasteiger partial charge in [0.1, 0.15) is 0 Å². The van der Waals surface area contributed by atoms with Gasteiger partial charge in [-0.2, -0.15) is 0 Å². The molecule has 1 N–H and O–H groups in total. The summed E-state index contributed by atoms with van der Waals surface area (Å²) < 4.78 is 23.6. The topological polar surface area (TPSA) is 71.4 Å². The Balaban J connectivity index is 2.34. The zero-order chi connectivity index (χ0) is 12.6. The van der Waals surface area contributed by atoms with E-state index in [1.807, 2.05) is 6.07 Å². The van der Waals surface area contributed by atoms with Gasteiger partial charge in [-0.1, -0.05) is 37.3 Å². The highest BCUT2D eigenvalue weighted by atomic mass is 32.2. The standard InChI is InChI=1S/C12H14O4S/c1-2-17(15,16)11-9(10(11)12(13)14)8-6-4-3-5-7-8/h3-7,9-11H,2H2,1H3,(H,13,14)/t9-,10-,11+/m1/s1. The van der Waals surface area contributed by atoms with E-state index in [0.29, 0.717) is 0 Å². The second kappa shape index (κ2) is 4.14. The highest BCUT2D eigenvalue weighted by molar-refractivity contribution is 7.92. The van der Waals surface area contributed by atoms with Gasteiger partial charge in [0.15, 0.2) is 9.84 Å². The van der Waals surface area contributed by atoms with Crippen molar-refractivity contribution in [3.05, 3.63) is 35.9 Å². The first-order valence-corrected chi connectivity index (χ1v) is 7.20.